The Bertz CT molecular complexity index is 740. The summed E-state index contributed by atoms with van der Waals surface area (Å²) < 4.78 is 2.91. The molecule has 0 amide bonds. The van der Waals surface area contributed by atoms with Crippen molar-refractivity contribution in [3.8, 4) is 0 Å². The molecule has 0 bridgehead atoms. The molecule has 18 heavy (non-hydrogen) atoms. The van der Waals surface area contributed by atoms with Crippen molar-refractivity contribution in [1.29, 1.82) is 0 Å². The van der Waals surface area contributed by atoms with Gasteiger partial charge in [-0.1, -0.05) is 47.7 Å². The van der Waals surface area contributed by atoms with Gasteiger partial charge in [-0.05, 0) is 30.2 Å². The standard InChI is InChI=1S/C15H13NOS/c1-11-7-8-13-14(9-11)18-15(17)16(13)10-12-5-3-2-4-6-12/h2-9H,10H2,1H3. The third-order valence-electron chi connectivity index (χ3n) is 3.01. The molecule has 0 unspecified atom stereocenters. The van der Waals surface area contributed by atoms with Crippen molar-refractivity contribution in [3.05, 3.63) is 69.3 Å². The van der Waals surface area contributed by atoms with Crippen LogP contribution >= 0.6 is 11.3 Å². The van der Waals surface area contributed by atoms with Gasteiger partial charge in [0.15, 0.2) is 0 Å². The van der Waals surface area contributed by atoms with Crippen molar-refractivity contribution in [3.63, 3.8) is 0 Å². The van der Waals surface area contributed by atoms with E-state index in [1.165, 1.54) is 16.9 Å². The molecule has 0 spiro atoms. The highest BCUT2D eigenvalue weighted by Gasteiger charge is 2.07. The summed E-state index contributed by atoms with van der Waals surface area (Å²) in [5.41, 5.74) is 3.37. The van der Waals surface area contributed by atoms with Crippen LogP contribution in [-0.2, 0) is 6.54 Å². The van der Waals surface area contributed by atoms with Crippen molar-refractivity contribution in [2.24, 2.45) is 0 Å². The first-order valence-electron chi connectivity index (χ1n) is 5.88. The van der Waals surface area contributed by atoms with Crippen molar-refractivity contribution < 1.29 is 0 Å². The van der Waals surface area contributed by atoms with Crippen LogP contribution in [0.3, 0.4) is 0 Å². The third kappa shape index (κ3) is 1.97. The summed E-state index contributed by atoms with van der Waals surface area (Å²) in [6, 6.07) is 16.2. The monoisotopic (exact) mass is 255 g/mol. The lowest BCUT2D eigenvalue weighted by Crippen LogP contribution is -2.13. The van der Waals surface area contributed by atoms with Crippen LogP contribution < -0.4 is 4.87 Å². The maximum atomic E-state index is 12.0. The van der Waals surface area contributed by atoms with Crippen LogP contribution in [0.1, 0.15) is 11.1 Å². The Labute approximate surface area is 109 Å². The van der Waals surface area contributed by atoms with E-state index in [-0.39, 0.29) is 4.87 Å². The van der Waals surface area contributed by atoms with Crippen LogP contribution in [0.25, 0.3) is 10.2 Å². The molecule has 3 heteroatoms. The largest absolute Gasteiger partial charge is 0.308 e. The van der Waals surface area contributed by atoms with E-state index >= 15 is 0 Å². The van der Waals surface area contributed by atoms with Crippen LogP contribution in [0.5, 0.6) is 0 Å². The van der Waals surface area contributed by atoms with E-state index in [0.717, 1.165) is 15.8 Å². The summed E-state index contributed by atoms with van der Waals surface area (Å²) in [6.07, 6.45) is 0. The van der Waals surface area contributed by atoms with Gasteiger partial charge in [-0.15, -0.1) is 0 Å². The molecule has 0 saturated carbocycles. The Kier molecular flexibility index (Phi) is 2.76. The first-order valence-corrected chi connectivity index (χ1v) is 6.69. The summed E-state index contributed by atoms with van der Waals surface area (Å²) in [5.74, 6) is 0. The number of fused-ring (bicyclic) bond motifs is 1. The topological polar surface area (TPSA) is 22.0 Å². The molecule has 3 rings (SSSR count). The van der Waals surface area contributed by atoms with Gasteiger partial charge in [0.25, 0.3) is 0 Å². The average Bonchev–Trinajstić information content (AvgIpc) is 2.66. The smallest absolute Gasteiger partial charge is 0.294 e. The van der Waals surface area contributed by atoms with Gasteiger partial charge in [0.1, 0.15) is 0 Å². The average molecular weight is 255 g/mol. The van der Waals surface area contributed by atoms with E-state index in [1.807, 2.05) is 47.9 Å². The van der Waals surface area contributed by atoms with Gasteiger partial charge in [-0.25, -0.2) is 0 Å². The van der Waals surface area contributed by atoms with E-state index in [0.29, 0.717) is 6.54 Å². The lowest BCUT2D eigenvalue weighted by atomic mass is 10.2. The molecule has 0 aliphatic carbocycles. The molecule has 90 valence electrons. The summed E-state index contributed by atoms with van der Waals surface area (Å²) in [5, 5.41) is 0. The van der Waals surface area contributed by atoms with Crippen molar-refractivity contribution in [2.45, 2.75) is 13.5 Å². The molecular weight excluding hydrogens is 242 g/mol. The second kappa shape index (κ2) is 4.42. The first kappa shape index (κ1) is 11.2. The number of thiazole rings is 1. The molecule has 2 aromatic carbocycles. The van der Waals surface area contributed by atoms with E-state index < -0.39 is 0 Å². The molecule has 0 N–H and O–H groups in total. The van der Waals surface area contributed by atoms with Crippen LogP contribution in [0.4, 0.5) is 0 Å². The Morgan fingerprint density at radius 3 is 2.67 bits per heavy atom. The summed E-state index contributed by atoms with van der Waals surface area (Å²) in [7, 11) is 0. The van der Waals surface area contributed by atoms with Gasteiger partial charge in [0.2, 0.25) is 0 Å². The molecule has 0 radical (unpaired) electrons. The fraction of sp³-hybridized carbons (Fsp3) is 0.133. The number of aryl methyl sites for hydroxylation is 1. The molecule has 1 aromatic heterocycles. The number of nitrogens with zero attached hydrogens (tertiary/aromatic N) is 1. The number of aromatic nitrogens is 1. The number of hydrogen-bond acceptors (Lipinski definition) is 2. The van der Waals surface area contributed by atoms with Gasteiger partial charge in [-0.3, -0.25) is 9.36 Å². The minimum absolute atomic E-state index is 0.111. The number of hydrogen-bond donors (Lipinski definition) is 0. The Balaban J connectivity index is 2.12. The highest BCUT2D eigenvalue weighted by atomic mass is 32.1. The second-order valence-electron chi connectivity index (χ2n) is 4.41. The Hall–Kier alpha value is -1.87. The second-order valence-corrected chi connectivity index (χ2v) is 5.40. The van der Waals surface area contributed by atoms with E-state index in [4.69, 9.17) is 0 Å². The zero-order chi connectivity index (χ0) is 12.5. The van der Waals surface area contributed by atoms with Crippen molar-refractivity contribution >= 4 is 21.6 Å². The quantitative estimate of drug-likeness (QED) is 0.687. The lowest BCUT2D eigenvalue weighted by molar-refractivity contribution is 0.816. The minimum atomic E-state index is 0.111. The zero-order valence-electron chi connectivity index (χ0n) is 10.1. The fourth-order valence-corrected chi connectivity index (χ4v) is 3.08. The molecule has 0 atom stereocenters. The fourth-order valence-electron chi connectivity index (χ4n) is 2.09. The van der Waals surface area contributed by atoms with E-state index in [1.54, 1.807) is 0 Å². The number of rotatable bonds is 2. The van der Waals surface area contributed by atoms with Crippen molar-refractivity contribution in [1.82, 2.24) is 4.57 Å². The van der Waals surface area contributed by atoms with Crippen LogP contribution in [0.15, 0.2) is 53.3 Å². The minimum Gasteiger partial charge on any atom is -0.294 e. The van der Waals surface area contributed by atoms with Gasteiger partial charge >= 0.3 is 4.87 Å². The maximum Gasteiger partial charge on any atom is 0.308 e. The maximum absolute atomic E-state index is 12.0. The highest BCUT2D eigenvalue weighted by molar-refractivity contribution is 7.16. The predicted octanol–water partition coefficient (Wildman–Crippen LogP) is 3.42. The summed E-state index contributed by atoms with van der Waals surface area (Å²) >= 11 is 1.32. The first-order chi connectivity index (χ1) is 8.74. The third-order valence-corrected chi connectivity index (χ3v) is 3.95. The molecule has 0 fully saturated rings. The summed E-state index contributed by atoms with van der Waals surface area (Å²) in [4.78, 5) is 12.1. The van der Waals surface area contributed by atoms with Crippen LogP contribution in [0.2, 0.25) is 0 Å². The zero-order valence-corrected chi connectivity index (χ0v) is 10.9. The van der Waals surface area contributed by atoms with Gasteiger partial charge < -0.3 is 0 Å². The Morgan fingerprint density at radius 1 is 1.11 bits per heavy atom. The van der Waals surface area contributed by atoms with Gasteiger partial charge in [0, 0.05) is 0 Å². The van der Waals surface area contributed by atoms with Gasteiger partial charge in [-0.2, -0.15) is 0 Å². The number of benzene rings is 2. The van der Waals surface area contributed by atoms with Crippen molar-refractivity contribution in [2.75, 3.05) is 0 Å². The highest BCUT2D eigenvalue weighted by Crippen LogP contribution is 2.19. The van der Waals surface area contributed by atoms with E-state index in [2.05, 4.69) is 12.1 Å². The normalized spacial score (nSPS) is 10.9. The lowest BCUT2D eigenvalue weighted by Gasteiger charge is -2.04. The van der Waals surface area contributed by atoms with E-state index in [9.17, 15) is 4.79 Å². The molecule has 1 heterocycles. The molecule has 2 nitrogen and oxygen atoms in total. The molecule has 0 aliphatic heterocycles. The Morgan fingerprint density at radius 2 is 1.89 bits per heavy atom. The molecule has 3 aromatic rings. The molecule has 0 saturated heterocycles. The summed E-state index contributed by atoms with van der Waals surface area (Å²) in [6.45, 7) is 2.69. The SMILES string of the molecule is Cc1ccc2c(c1)sc(=O)n2Cc1ccccc1. The molecule has 0 aliphatic rings. The van der Waals surface area contributed by atoms with Crippen LogP contribution in [-0.4, -0.2) is 4.57 Å². The van der Waals surface area contributed by atoms with Crippen LogP contribution in [0, 0.1) is 6.92 Å². The molecular formula is C15H13NOS. The van der Waals surface area contributed by atoms with Gasteiger partial charge in [0.05, 0.1) is 16.8 Å². The predicted molar refractivity (Wildman–Crippen MR) is 76.4 cm³/mol.